The summed E-state index contributed by atoms with van der Waals surface area (Å²) in [7, 11) is 0. The monoisotopic (exact) mass is 365 g/mol. The third-order valence-corrected chi connectivity index (χ3v) is 5.44. The van der Waals surface area contributed by atoms with Gasteiger partial charge in [-0.25, -0.2) is 0 Å². The van der Waals surface area contributed by atoms with Crippen molar-refractivity contribution in [2.45, 2.75) is 63.5 Å². The van der Waals surface area contributed by atoms with Gasteiger partial charge in [-0.15, -0.1) is 0 Å². The second kappa shape index (κ2) is 6.45. The Labute approximate surface area is 153 Å². The summed E-state index contributed by atoms with van der Waals surface area (Å²) >= 11 is 0. The maximum absolute atomic E-state index is 4.98. The summed E-state index contributed by atoms with van der Waals surface area (Å²) in [6, 6.07) is 0.934. The van der Waals surface area contributed by atoms with Crippen LogP contribution in [0.2, 0.25) is 0 Å². The largest absolute Gasteiger partial charge is 0.383 e. The van der Waals surface area contributed by atoms with Crippen LogP contribution in [0.3, 0.4) is 0 Å². The molecule has 1 fully saturated rings. The topological polar surface area (TPSA) is 49.1 Å². The second-order valence-corrected chi connectivity index (χ2v) is 7.16. The minimum atomic E-state index is 0. The van der Waals surface area contributed by atoms with Gasteiger partial charge in [0, 0.05) is 57.0 Å². The fourth-order valence-electron chi connectivity index (χ4n) is 4.24. The van der Waals surface area contributed by atoms with E-state index in [0.717, 1.165) is 38.5 Å². The van der Waals surface area contributed by atoms with Gasteiger partial charge in [0.2, 0.25) is 0 Å². The van der Waals surface area contributed by atoms with Crippen molar-refractivity contribution < 1.29 is 16.8 Å². The average molecular weight is 365 g/mol. The molecule has 5 heterocycles. The van der Waals surface area contributed by atoms with Gasteiger partial charge < -0.3 is 5.32 Å². The molecule has 1 saturated heterocycles. The van der Waals surface area contributed by atoms with E-state index in [1.807, 2.05) is 0 Å². The van der Waals surface area contributed by atoms with Crippen LogP contribution >= 0.6 is 0 Å². The Morgan fingerprint density at radius 2 is 1.46 bits per heavy atom. The molecule has 2 atom stereocenters. The molecule has 0 aliphatic carbocycles. The molecule has 5 aliphatic rings. The summed E-state index contributed by atoms with van der Waals surface area (Å²) in [6.45, 7) is 0. The predicted octanol–water partition coefficient (Wildman–Crippen LogP) is 3.47. The van der Waals surface area contributed by atoms with Crippen molar-refractivity contribution in [3.63, 3.8) is 0 Å². The van der Waals surface area contributed by atoms with Crippen molar-refractivity contribution in [1.29, 1.82) is 0 Å². The zero-order valence-electron chi connectivity index (χ0n) is 13.7. The molecule has 8 bridgehead atoms. The molecular formula is C19H22CoN4. The number of nitrogens with one attached hydrogen (secondary N) is 1. The van der Waals surface area contributed by atoms with Crippen LogP contribution in [0.5, 0.6) is 0 Å². The molecule has 5 aliphatic heterocycles. The molecule has 4 nitrogen and oxygen atoms in total. The predicted molar refractivity (Wildman–Crippen MR) is 94.2 cm³/mol. The Hall–Kier alpha value is -1.46. The normalized spacial score (nSPS) is 30.7. The SMILES string of the molecule is C1=C2CCC(=N2)C=C2CCC(N2)C2CCC(=N2)C=C2CCC1=N2.[Co]. The van der Waals surface area contributed by atoms with Crippen LogP contribution in [0.25, 0.3) is 0 Å². The van der Waals surface area contributed by atoms with Gasteiger partial charge in [0.1, 0.15) is 0 Å². The van der Waals surface area contributed by atoms with Crippen molar-refractivity contribution in [2.75, 3.05) is 0 Å². The molecular weight excluding hydrogens is 343 g/mol. The Balaban J connectivity index is 0.00000146. The van der Waals surface area contributed by atoms with Gasteiger partial charge in [-0.05, 0) is 69.6 Å². The number of aliphatic imine (C=N–C) groups is 3. The molecule has 0 aromatic heterocycles. The zero-order valence-corrected chi connectivity index (χ0v) is 14.8. The van der Waals surface area contributed by atoms with E-state index in [4.69, 9.17) is 15.0 Å². The van der Waals surface area contributed by atoms with Gasteiger partial charge in [-0.1, -0.05) is 0 Å². The molecule has 0 aromatic carbocycles. The average Bonchev–Trinajstić information content (AvgIpc) is 3.28. The van der Waals surface area contributed by atoms with Crippen molar-refractivity contribution >= 4 is 17.1 Å². The van der Waals surface area contributed by atoms with Crippen LogP contribution in [0.15, 0.2) is 50.3 Å². The van der Waals surface area contributed by atoms with Crippen molar-refractivity contribution in [1.82, 2.24) is 5.32 Å². The molecule has 1 N–H and O–H groups in total. The van der Waals surface area contributed by atoms with Crippen molar-refractivity contribution in [3.8, 4) is 0 Å². The van der Waals surface area contributed by atoms with Crippen LogP contribution in [-0.4, -0.2) is 29.2 Å². The van der Waals surface area contributed by atoms with Crippen molar-refractivity contribution in [3.05, 3.63) is 35.3 Å². The third kappa shape index (κ3) is 3.07. The standard InChI is InChI=1S/C19H22N4.Co/c1-3-14-10-16-5-7-18(22-16)19-8-6-17(23-19)11-15-4-2-13(21-15)9-12(1)20-14;/h9-11,18-19,22H,1-8H2;. The van der Waals surface area contributed by atoms with Crippen LogP contribution in [0.4, 0.5) is 0 Å². The van der Waals surface area contributed by atoms with E-state index in [2.05, 4.69) is 23.5 Å². The minimum Gasteiger partial charge on any atom is -0.383 e. The summed E-state index contributed by atoms with van der Waals surface area (Å²) in [6.07, 6.45) is 15.5. The number of fused-ring (bicyclic) bond motifs is 6. The van der Waals surface area contributed by atoms with Gasteiger partial charge >= 0.3 is 0 Å². The van der Waals surface area contributed by atoms with Gasteiger partial charge in [0.05, 0.1) is 6.04 Å². The molecule has 24 heavy (non-hydrogen) atoms. The minimum absolute atomic E-state index is 0. The quantitative estimate of drug-likeness (QED) is 0.702. The molecule has 5 rings (SSSR count). The molecule has 0 spiro atoms. The number of allylic oxidation sites excluding steroid dienone is 6. The van der Waals surface area contributed by atoms with E-state index in [-0.39, 0.29) is 16.8 Å². The Morgan fingerprint density at radius 3 is 2.25 bits per heavy atom. The van der Waals surface area contributed by atoms with Crippen LogP contribution in [-0.2, 0) is 16.8 Å². The number of rotatable bonds is 0. The maximum Gasteiger partial charge on any atom is 0.0707 e. The van der Waals surface area contributed by atoms with E-state index in [1.165, 1.54) is 47.1 Å². The fraction of sp³-hybridized carbons (Fsp3) is 0.526. The molecule has 1 radical (unpaired) electrons. The van der Waals surface area contributed by atoms with Crippen LogP contribution < -0.4 is 5.32 Å². The molecule has 0 aromatic rings. The first-order valence-electron chi connectivity index (χ1n) is 8.92. The third-order valence-electron chi connectivity index (χ3n) is 5.44. The van der Waals surface area contributed by atoms with Gasteiger partial charge in [-0.2, -0.15) is 0 Å². The molecule has 0 saturated carbocycles. The Morgan fingerprint density at radius 1 is 0.750 bits per heavy atom. The molecule has 2 unspecified atom stereocenters. The first-order chi connectivity index (χ1) is 11.3. The summed E-state index contributed by atoms with van der Waals surface area (Å²) in [5.41, 5.74) is 7.41. The maximum atomic E-state index is 4.98. The van der Waals surface area contributed by atoms with Crippen LogP contribution in [0, 0.1) is 0 Å². The zero-order chi connectivity index (χ0) is 15.2. The fourth-order valence-corrected chi connectivity index (χ4v) is 4.24. The first kappa shape index (κ1) is 16.0. The van der Waals surface area contributed by atoms with Crippen molar-refractivity contribution in [2.24, 2.45) is 15.0 Å². The number of hydrogen-bond acceptors (Lipinski definition) is 4. The molecule has 0 amide bonds. The van der Waals surface area contributed by atoms with E-state index < -0.39 is 0 Å². The summed E-state index contributed by atoms with van der Waals surface area (Å²) in [4.78, 5) is 14.6. The van der Waals surface area contributed by atoms with E-state index in [9.17, 15) is 0 Å². The summed E-state index contributed by atoms with van der Waals surface area (Å²) < 4.78 is 0. The summed E-state index contributed by atoms with van der Waals surface area (Å²) in [5, 5.41) is 3.71. The molecule has 127 valence electrons. The number of nitrogens with zero attached hydrogens (tertiary/aromatic N) is 3. The van der Waals surface area contributed by atoms with E-state index >= 15 is 0 Å². The first-order valence-corrected chi connectivity index (χ1v) is 8.92. The Kier molecular flexibility index (Phi) is 4.31. The smallest absolute Gasteiger partial charge is 0.0707 e. The summed E-state index contributed by atoms with van der Waals surface area (Å²) in [5.74, 6) is 0. The number of hydrogen-bond donors (Lipinski definition) is 1. The second-order valence-electron chi connectivity index (χ2n) is 7.16. The van der Waals surface area contributed by atoms with Crippen LogP contribution in [0.1, 0.15) is 51.4 Å². The van der Waals surface area contributed by atoms with Gasteiger partial charge in [-0.3, -0.25) is 15.0 Å². The van der Waals surface area contributed by atoms with E-state index in [1.54, 1.807) is 0 Å². The van der Waals surface area contributed by atoms with E-state index in [0.29, 0.717) is 12.1 Å². The van der Waals surface area contributed by atoms with Gasteiger partial charge in [0.25, 0.3) is 0 Å². The van der Waals surface area contributed by atoms with Gasteiger partial charge in [0.15, 0.2) is 0 Å². The Bertz CT molecular complexity index is 738. The molecule has 5 heteroatoms.